The van der Waals surface area contributed by atoms with Gasteiger partial charge in [0.15, 0.2) is 0 Å². The Labute approximate surface area is 134 Å². The van der Waals surface area contributed by atoms with Gasteiger partial charge in [-0.25, -0.2) is 0 Å². The van der Waals surface area contributed by atoms with Gasteiger partial charge in [-0.3, -0.25) is 0 Å². The van der Waals surface area contributed by atoms with Crippen LogP contribution >= 0.6 is 27.5 Å². The number of aryl methyl sites for hydroxylation is 1. The average molecular weight is 353 g/mol. The molecule has 0 spiro atoms. The van der Waals surface area contributed by atoms with E-state index in [0.717, 1.165) is 28.0 Å². The lowest BCUT2D eigenvalue weighted by molar-refractivity contribution is 0.749. The van der Waals surface area contributed by atoms with Crippen molar-refractivity contribution in [3.8, 4) is 0 Å². The highest BCUT2D eigenvalue weighted by atomic mass is 79.9. The molecule has 106 valence electrons. The first kappa shape index (κ1) is 15.4. The summed E-state index contributed by atoms with van der Waals surface area (Å²) in [6, 6.07) is 15.1. The third-order valence-corrected chi connectivity index (χ3v) is 4.67. The molecule has 0 bridgehead atoms. The molecule has 0 amide bonds. The molecule has 20 heavy (non-hydrogen) atoms. The van der Waals surface area contributed by atoms with Crippen LogP contribution in [0.1, 0.15) is 37.4 Å². The molecule has 2 aromatic carbocycles. The Hall–Kier alpha value is -0.990. The smallest absolute Gasteiger partial charge is 0.0549 e. The van der Waals surface area contributed by atoms with Gasteiger partial charge in [-0.05, 0) is 58.1 Å². The Morgan fingerprint density at radius 3 is 2.35 bits per heavy atom. The van der Waals surface area contributed by atoms with E-state index in [1.807, 2.05) is 18.2 Å². The molecule has 0 aromatic heterocycles. The Morgan fingerprint density at radius 2 is 1.80 bits per heavy atom. The van der Waals surface area contributed by atoms with Crippen molar-refractivity contribution in [1.29, 1.82) is 0 Å². The van der Waals surface area contributed by atoms with Crippen LogP contribution in [0.15, 0.2) is 46.9 Å². The Kier molecular flexibility index (Phi) is 5.50. The maximum Gasteiger partial charge on any atom is 0.0549 e. The lowest BCUT2D eigenvalue weighted by Gasteiger charge is -2.19. The van der Waals surface area contributed by atoms with Crippen LogP contribution < -0.4 is 5.32 Å². The van der Waals surface area contributed by atoms with Crippen LogP contribution in [0, 0.1) is 0 Å². The van der Waals surface area contributed by atoms with E-state index in [-0.39, 0.29) is 0 Å². The van der Waals surface area contributed by atoms with Gasteiger partial charge in [0, 0.05) is 10.2 Å². The fourth-order valence-corrected chi connectivity index (χ4v) is 2.69. The number of anilines is 1. The Bertz CT molecular complexity index is 566. The van der Waals surface area contributed by atoms with Crippen molar-refractivity contribution in [2.75, 3.05) is 5.32 Å². The van der Waals surface area contributed by atoms with Crippen LogP contribution in [-0.2, 0) is 6.42 Å². The predicted molar refractivity (Wildman–Crippen MR) is 91.6 cm³/mol. The van der Waals surface area contributed by atoms with Gasteiger partial charge in [0.25, 0.3) is 0 Å². The zero-order valence-corrected chi connectivity index (χ0v) is 14.1. The molecule has 0 heterocycles. The van der Waals surface area contributed by atoms with Gasteiger partial charge < -0.3 is 5.32 Å². The molecule has 0 fully saturated rings. The number of nitrogens with one attached hydrogen (secondary N) is 1. The van der Waals surface area contributed by atoms with Crippen molar-refractivity contribution in [2.24, 2.45) is 0 Å². The molecule has 0 aliphatic carbocycles. The highest BCUT2D eigenvalue weighted by Gasteiger charge is 2.09. The van der Waals surface area contributed by atoms with Gasteiger partial charge in [-0.15, -0.1) is 0 Å². The van der Waals surface area contributed by atoms with Crippen molar-refractivity contribution in [3.05, 3.63) is 63.1 Å². The van der Waals surface area contributed by atoms with Crippen molar-refractivity contribution >= 4 is 33.2 Å². The molecular weight excluding hydrogens is 334 g/mol. The van der Waals surface area contributed by atoms with Crippen molar-refractivity contribution < 1.29 is 0 Å². The number of benzene rings is 2. The molecule has 1 unspecified atom stereocenters. The third kappa shape index (κ3) is 3.77. The highest BCUT2D eigenvalue weighted by Crippen LogP contribution is 2.29. The number of hydrogen-bond donors (Lipinski definition) is 1. The molecule has 0 aliphatic rings. The summed E-state index contributed by atoms with van der Waals surface area (Å²) in [5.74, 6) is 0. The summed E-state index contributed by atoms with van der Waals surface area (Å²) in [7, 11) is 0. The fraction of sp³-hybridized carbons (Fsp3) is 0.294. The summed E-state index contributed by atoms with van der Waals surface area (Å²) >= 11 is 9.49. The lowest BCUT2D eigenvalue weighted by atomic mass is 10.0. The molecule has 0 radical (unpaired) electrons. The summed E-state index contributed by atoms with van der Waals surface area (Å²) in [6.45, 7) is 4.37. The molecular formula is C17H19BrClN. The molecule has 0 saturated carbocycles. The van der Waals surface area contributed by atoms with E-state index in [4.69, 9.17) is 11.6 Å². The molecule has 0 aliphatic heterocycles. The average Bonchev–Trinajstić information content (AvgIpc) is 2.48. The minimum absolute atomic E-state index is 0.314. The van der Waals surface area contributed by atoms with E-state index < -0.39 is 0 Å². The Morgan fingerprint density at radius 1 is 1.10 bits per heavy atom. The number of halogens is 2. The third-order valence-electron chi connectivity index (χ3n) is 3.46. The second-order valence-corrected chi connectivity index (χ2v) is 6.09. The Balaban J connectivity index is 2.16. The van der Waals surface area contributed by atoms with E-state index >= 15 is 0 Å². The second kappa shape index (κ2) is 7.14. The SMILES string of the molecule is CCc1ccc(C(CC)Nc2ccc(Cl)c(Br)c2)cc1. The van der Waals surface area contributed by atoms with Crippen molar-refractivity contribution in [2.45, 2.75) is 32.7 Å². The van der Waals surface area contributed by atoms with Gasteiger partial charge >= 0.3 is 0 Å². The summed E-state index contributed by atoms with van der Waals surface area (Å²) < 4.78 is 0.917. The standard InChI is InChI=1S/C17H19BrClN/c1-3-12-5-7-13(8-6-12)17(4-2)20-14-9-10-16(19)15(18)11-14/h5-11,17,20H,3-4H2,1-2H3. The molecule has 2 rings (SSSR count). The molecule has 0 saturated heterocycles. The monoisotopic (exact) mass is 351 g/mol. The fourth-order valence-electron chi connectivity index (χ4n) is 2.19. The quantitative estimate of drug-likeness (QED) is 0.672. The summed E-state index contributed by atoms with van der Waals surface area (Å²) in [6.07, 6.45) is 2.11. The lowest BCUT2D eigenvalue weighted by Crippen LogP contribution is -2.09. The first-order valence-corrected chi connectivity index (χ1v) is 8.11. The zero-order chi connectivity index (χ0) is 14.5. The molecule has 1 N–H and O–H groups in total. The minimum atomic E-state index is 0.314. The number of hydrogen-bond acceptors (Lipinski definition) is 1. The van der Waals surface area contributed by atoms with Gasteiger partial charge in [0.1, 0.15) is 0 Å². The van der Waals surface area contributed by atoms with Crippen LogP contribution in [-0.4, -0.2) is 0 Å². The molecule has 2 aromatic rings. The van der Waals surface area contributed by atoms with E-state index in [0.29, 0.717) is 6.04 Å². The van der Waals surface area contributed by atoms with E-state index in [2.05, 4.69) is 59.4 Å². The first-order valence-electron chi connectivity index (χ1n) is 6.94. The minimum Gasteiger partial charge on any atom is -0.378 e. The van der Waals surface area contributed by atoms with Crippen LogP contribution in [0.2, 0.25) is 5.02 Å². The van der Waals surface area contributed by atoms with Crippen LogP contribution in [0.4, 0.5) is 5.69 Å². The van der Waals surface area contributed by atoms with E-state index in [1.165, 1.54) is 11.1 Å². The van der Waals surface area contributed by atoms with Crippen LogP contribution in [0.3, 0.4) is 0 Å². The van der Waals surface area contributed by atoms with Gasteiger partial charge in [0.2, 0.25) is 0 Å². The van der Waals surface area contributed by atoms with Crippen molar-refractivity contribution in [3.63, 3.8) is 0 Å². The molecule has 1 atom stereocenters. The summed E-state index contributed by atoms with van der Waals surface area (Å²) in [4.78, 5) is 0. The van der Waals surface area contributed by atoms with E-state index in [1.54, 1.807) is 0 Å². The van der Waals surface area contributed by atoms with Crippen LogP contribution in [0.25, 0.3) is 0 Å². The zero-order valence-electron chi connectivity index (χ0n) is 11.8. The topological polar surface area (TPSA) is 12.0 Å². The largest absolute Gasteiger partial charge is 0.378 e. The van der Waals surface area contributed by atoms with E-state index in [9.17, 15) is 0 Å². The van der Waals surface area contributed by atoms with Crippen molar-refractivity contribution in [1.82, 2.24) is 0 Å². The van der Waals surface area contributed by atoms with Gasteiger partial charge in [-0.2, -0.15) is 0 Å². The predicted octanol–water partition coefficient (Wildman–Crippen LogP) is 6.23. The highest BCUT2D eigenvalue weighted by molar-refractivity contribution is 9.10. The van der Waals surface area contributed by atoms with Gasteiger partial charge in [-0.1, -0.05) is 49.7 Å². The number of rotatable bonds is 5. The maximum absolute atomic E-state index is 6.03. The normalized spacial score (nSPS) is 12.2. The van der Waals surface area contributed by atoms with Gasteiger partial charge in [0.05, 0.1) is 11.1 Å². The molecule has 1 nitrogen and oxygen atoms in total. The summed E-state index contributed by atoms with van der Waals surface area (Å²) in [5.41, 5.74) is 3.77. The summed E-state index contributed by atoms with van der Waals surface area (Å²) in [5, 5.41) is 4.29. The van der Waals surface area contributed by atoms with Crippen LogP contribution in [0.5, 0.6) is 0 Å². The maximum atomic E-state index is 6.03. The second-order valence-electron chi connectivity index (χ2n) is 4.83. The first-order chi connectivity index (χ1) is 9.63. The molecule has 3 heteroatoms.